The lowest BCUT2D eigenvalue weighted by Crippen LogP contribution is -2.21. The molecular weight excluding hydrogens is 368 g/mol. The molecule has 0 heterocycles. The fraction of sp³-hybridized carbons (Fsp3) is 0.0909. The molecule has 148 valence electrons. The molecule has 0 fully saturated rings. The summed E-state index contributed by atoms with van der Waals surface area (Å²) in [5.41, 5.74) is 8.81. The van der Waals surface area contributed by atoms with Gasteiger partial charge in [0.1, 0.15) is 5.75 Å². The van der Waals surface area contributed by atoms with Crippen LogP contribution in [0.4, 0.5) is 22.7 Å². The quantitative estimate of drug-likeness (QED) is 0.462. The second kappa shape index (κ2) is 9.27. The molecule has 7 heteroatoms. The van der Waals surface area contributed by atoms with E-state index in [2.05, 4.69) is 16.0 Å². The smallest absolute Gasteiger partial charge is 0.255 e. The number of benzene rings is 3. The summed E-state index contributed by atoms with van der Waals surface area (Å²) in [6.07, 6.45) is 0. The van der Waals surface area contributed by atoms with Crippen LogP contribution in [0.1, 0.15) is 10.4 Å². The van der Waals surface area contributed by atoms with Gasteiger partial charge in [0.05, 0.1) is 25.0 Å². The van der Waals surface area contributed by atoms with Gasteiger partial charge in [-0.05, 0) is 60.7 Å². The summed E-state index contributed by atoms with van der Waals surface area (Å²) in [6, 6.07) is 21.0. The molecule has 7 nitrogen and oxygen atoms in total. The van der Waals surface area contributed by atoms with E-state index in [9.17, 15) is 9.59 Å². The first-order chi connectivity index (χ1) is 14.0. The van der Waals surface area contributed by atoms with Crippen molar-refractivity contribution in [2.45, 2.75) is 0 Å². The van der Waals surface area contributed by atoms with Crippen molar-refractivity contribution in [3.8, 4) is 5.75 Å². The summed E-state index contributed by atoms with van der Waals surface area (Å²) < 4.78 is 5.09. The molecule has 3 rings (SSSR count). The van der Waals surface area contributed by atoms with Crippen molar-refractivity contribution < 1.29 is 14.3 Å². The van der Waals surface area contributed by atoms with Gasteiger partial charge in [-0.15, -0.1) is 0 Å². The van der Waals surface area contributed by atoms with Crippen LogP contribution in [-0.4, -0.2) is 25.5 Å². The third-order valence-corrected chi connectivity index (χ3v) is 4.18. The summed E-state index contributed by atoms with van der Waals surface area (Å²) in [6.45, 7) is 0.0954. The lowest BCUT2D eigenvalue weighted by atomic mass is 10.2. The van der Waals surface area contributed by atoms with Crippen molar-refractivity contribution in [2.75, 3.05) is 35.3 Å². The summed E-state index contributed by atoms with van der Waals surface area (Å²) in [5, 5.41) is 8.59. The van der Waals surface area contributed by atoms with Gasteiger partial charge < -0.3 is 26.4 Å². The second-order valence-electron chi connectivity index (χ2n) is 6.25. The molecule has 0 aliphatic heterocycles. The molecule has 5 N–H and O–H groups in total. The predicted octanol–water partition coefficient (Wildman–Crippen LogP) is 3.58. The number of nitrogens with two attached hydrogens (primary N) is 1. The SMILES string of the molecule is COc1ccc(NC(=O)CNc2ccc(C(=O)Nc3ccccc3N)cc2)cc1. The monoisotopic (exact) mass is 390 g/mol. The van der Waals surface area contributed by atoms with E-state index in [1.807, 2.05) is 0 Å². The number of rotatable bonds is 7. The largest absolute Gasteiger partial charge is 0.497 e. The Kier molecular flexibility index (Phi) is 6.32. The molecule has 0 spiro atoms. The van der Waals surface area contributed by atoms with Crippen molar-refractivity contribution in [1.29, 1.82) is 0 Å². The Morgan fingerprint density at radius 2 is 1.52 bits per heavy atom. The van der Waals surface area contributed by atoms with E-state index >= 15 is 0 Å². The minimum absolute atomic E-state index is 0.0954. The number of nitrogen functional groups attached to an aromatic ring is 1. The van der Waals surface area contributed by atoms with Gasteiger partial charge in [0.25, 0.3) is 5.91 Å². The molecule has 0 saturated carbocycles. The third-order valence-electron chi connectivity index (χ3n) is 4.18. The van der Waals surface area contributed by atoms with Gasteiger partial charge in [-0.25, -0.2) is 0 Å². The first-order valence-electron chi connectivity index (χ1n) is 8.99. The molecule has 0 aliphatic carbocycles. The van der Waals surface area contributed by atoms with Gasteiger partial charge in [0.2, 0.25) is 5.91 Å². The Bertz CT molecular complexity index is 986. The maximum absolute atomic E-state index is 12.3. The first-order valence-corrected chi connectivity index (χ1v) is 8.99. The molecule has 0 unspecified atom stereocenters. The van der Waals surface area contributed by atoms with Gasteiger partial charge in [0, 0.05) is 16.9 Å². The molecule has 0 bridgehead atoms. The molecule has 0 aliphatic rings. The lowest BCUT2D eigenvalue weighted by Gasteiger charge is -2.10. The normalized spacial score (nSPS) is 10.1. The Balaban J connectivity index is 1.51. The molecule has 0 atom stereocenters. The van der Waals surface area contributed by atoms with Crippen LogP contribution in [-0.2, 0) is 4.79 Å². The van der Waals surface area contributed by atoms with Crippen molar-refractivity contribution in [3.63, 3.8) is 0 Å². The van der Waals surface area contributed by atoms with Crippen LogP contribution in [0.5, 0.6) is 5.75 Å². The number of anilines is 4. The molecule has 2 amide bonds. The van der Waals surface area contributed by atoms with Crippen LogP contribution < -0.4 is 26.4 Å². The number of para-hydroxylation sites is 2. The minimum atomic E-state index is -0.258. The average Bonchev–Trinajstić information content (AvgIpc) is 2.75. The Morgan fingerprint density at radius 1 is 0.862 bits per heavy atom. The number of hydrogen-bond acceptors (Lipinski definition) is 5. The van der Waals surface area contributed by atoms with Crippen LogP contribution in [0.2, 0.25) is 0 Å². The summed E-state index contributed by atoms with van der Waals surface area (Å²) in [7, 11) is 1.59. The average molecular weight is 390 g/mol. The second-order valence-corrected chi connectivity index (χ2v) is 6.25. The minimum Gasteiger partial charge on any atom is -0.497 e. The van der Waals surface area contributed by atoms with E-state index in [0.29, 0.717) is 22.6 Å². The van der Waals surface area contributed by atoms with Gasteiger partial charge in [0.15, 0.2) is 0 Å². The topological polar surface area (TPSA) is 105 Å². The van der Waals surface area contributed by atoms with E-state index in [1.165, 1.54) is 0 Å². The van der Waals surface area contributed by atoms with Crippen molar-refractivity contribution in [3.05, 3.63) is 78.4 Å². The number of carbonyl (C=O) groups is 2. The Hall–Kier alpha value is -4.00. The zero-order valence-electron chi connectivity index (χ0n) is 15.9. The summed E-state index contributed by atoms with van der Waals surface area (Å²) in [5.74, 6) is 0.281. The number of ether oxygens (including phenoxy) is 1. The van der Waals surface area contributed by atoms with Crippen LogP contribution >= 0.6 is 0 Å². The zero-order valence-corrected chi connectivity index (χ0v) is 15.9. The lowest BCUT2D eigenvalue weighted by molar-refractivity contribution is -0.114. The molecular formula is C22H22N4O3. The predicted molar refractivity (Wildman–Crippen MR) is 115 cm³/mol. The zero-order chi connectivity index (χ0) is 20.6. The fourth-order valence-electron chi connectivity index (χ4n) is 2.61. The van der Waals surface area contributed by atoms with Crippen LogP contribution in [0, 0.1) is 0 Å². The van der Waals surface area contributed by atoms with E-state index < -0.39 is 0 Å². The summed E-state index contributed by atoms with van der Waals surface area (Å²) in [4.78, 5) is 24.4. The molecule has 29 heavy (non-hydrogen) atoms. The van der Waals surface area contributed by atoms with Gasteiger partial charge in [-0.1, -0.05) is 12.1 Å². The van der Waals surface area contributed by atoms with Gasteiger partial charge >= 0.3 is 0 Å². The number of hydrogen-bond donors (Lipinski definition) is 4. The van der Waals surface area contributed by atoms with Crippen LogP contribution in [0.25, 0.3) is 0 Å². The highest BCUT2D eigenvalue weighted by Crippen LogP contribution is 2.19. The Labute approximate surface area is 168 Å². The highest BCUT2D eigenvalue weighted by molar-refractivity contribution is 6.05. The number of methoxy groups -OCH3 is 1. The maximum atomic E-state index is 12.3. The molecule has 0 radical (unpaired) electrons. The number of amides is 2. The van der Waals surface area contributed by atoms with Crippen molar-refractivity contribution in [1.82, 2.24) is 0 Å². The Morgan fingerprint density at radius 3 is 2.17 bits per heavy atom. The number of nitrogens with one attached hydrogen (secondary N) is 3. The first kappa shape index (κ1) is 19.8. The molecule has 3 aromatic rings. The van der Waals surface area contributed by atoms with Gasteiger partial charge in [-0.2, -0.15) is 0 Å². The van der Waals surface area contributed by atoms with Crippen LogP contribution in [0.15, 0.2) is 72.8 Å². The standard InChI is InChI=1S/C22H22N4O3/c1-29-18-12-10-17(11-13-18)25-21(27)14-24-16-8-6-15(7-9-16)22(28)26-20-5-3-2-4-19(20)23/h2-13,24H,14,23H2,1H3,(H,25,27)(H,26,28). The maximum Gasteiger partial charge on any atom is 0.255 e. The van der Waals surface area contributed by atoms with Crippen LogP contribution in [0.3, 0.4) is 0 Å². The van der Waals surface area contributed by atoms with Gasteiger partial charge in [-0.3, -0.25) is 9.59 Å². The van der Waals surface area contributed by atoms with E-state index in [1.54, 1.807) is 79.9 Å². The van der Waals surface area contributed by atoms with E-state index in [4.69, 9.17) is 10.5 Å². The van der Waals surface area contributed by atoms with E-state index in [-0.39, 0.29) is 18.4 Å². The fourth-order valence-corrected chi connectivity index (χ4v) is 2.61. The van der Waals surface area contributed by atoms with Crippen molar-refractivity contribution >= 4 is 34.6 Å². The highest BCUT2D eigenvalue weighted by Gasteiger charge is 2.08. The summed E-state index contributed by atoms with van der Waals surface area (Å²) >= 11 is 0. The molecule has 0 aromatic heterocycles. The molecule has 3 aromatic carbocycles. The number of carbonyl (C=O) groups excluding carboxylic acids is 2. The van der Waals surface area contributed by atoms with Crippen molar-refractivity contribution in [2.24, 2.45) is 0 Å². The van der Waals surface area contributed by atoms with E-state index in [0.717, 1.165) is 11.4 Å². The third kappa shape index (κ3) is 5.49. The molecule has 0 saturated heterocycles. The highest BCUT2D eigenvalue weighted by atomic mass is 16.5.